The average molecular weight is 273 g/mol. The molecular weight excluding hydrogens is 255 g/mol. The Kier molecular flexibility index (Phi) is 5.86. The van der Waals surface area contributed by atoms with Crippen LogP contribution in [0.3, 0.4) is 0 Å². The molecule has 0 bridgehead atoms. The fourth-order valence-corrected chi connectivity index (χ4v) is 1.78. The number of carbonyl (C=O) groups is 1. The van der Waals surface area contributed by atoms with Crippen LogP contribution >= 0.6 is 0 Å². The molecule has 1 aromatic carbocycles. The number of carbonyl (C=O) groups excluding carboxylic acids is 1. The first kappa shape index (κ1) is 15.5. The van der Waals surface area contributed by atoms with Gasteiger partial charge in [0.15, 0.2) is 17.5 Å². The number of halogens is 3. The van der Waals surface area contributed by atoms with E-state index in [-0.39, 0.29) is 6.04 Å². The molecule has 0 fully saturated rings. The van der Waals surface area contributed by atoms with Gasteiger partial charge in [-0.15, -0.1) is 0 Å². The lowest BCUT2D eigenvalue weighted by molar-refractivity contribution is 0.0932. The molecule has 0 saturated carbocycles. The third-order valence-electron chi connectivity index (χ3n) is 2.90. The third kappa shape index (κ3) is 4.26. The second-order valence-corrected chi connectivity index (χ2v) is 4.59. The number of benzene rings is 1. The molecule has 106 valence electrons. The van der Waals surface area contributed by atoms with E-state index in [0.29, 0.717) is 0 Å². The molecule has 2 nitrogen and oxygen atoms in total. The molecule has 1 aromatic rings. The first-order valence-corrected chi connectivity index (χ1v) is 6.41. The Morgan fingerprint density at radius 2 is 1.89 bits per heavy atom. The highest BCUT2D eigenvalue weighted by molar-refractivity contribution is 5.94. The molecule has 0 radical (unpaired) electrons. The molecule has 19 heavy (non-hydrogen) atoms. The maximum absolute atomic E-state index is 13.4. The van der Waals surface area contributed by atoms with Crippen molar-refractivity contribution in [1.29, 1.82) is 0 Å². The Bertz CT molecular complexity index is 449. The quantitative estimate of drug-likeness (QED) is 0.620. The van der Waals surface area contributed by atoms with Crippen LogP contribution < -0.4 is 5.32 Å². The van der Waals surface area contributed by atoms with Crippen molar-refractivity contribution in [2.45, 2.75) is 45.6 Å². The van der Waals surface area contributed by atoms with E-state index in [2.05, 4.69) is 12.2 Å². The Labute approximate surface area is 111 Å². The van der Waals surface area contributed by atoms with Gasteiger partial charge in [0.2, 0.25) is 0 Å². The van der Waals surface area contributed by atoms with Gasteiger partial charge in [0, 0.05) is 6.04 Å². The van der Waals surface area contributed by atoms with E-state index in [4.69, 9.17) is 0 Å². The Hall–Kier alpha value is -1.52. The summed E-state index contributed by atoms with van der Waals surface area (Å²) in [5, 5.41) is 2.57. The van der Waals surface area contributed by atoms with E-state index in [1.807, 2.05) is 0 Å². The first-order chi connectivity index (χ1) is 8.97. The standard InChI is InChI=1S/C14H18F3NO/c1-3-4-5-6-9(2)18-14(19)10-7-8-11(15)13(17)12(10)16/h7-9H,3-6H2,1-2H3,(H,18,19). The van der Waals surface area contributed by atoms with Crippen LogP contribution in [0.5, 0.6) is 0 Å². The molecule has 0 aliphatic carbocycles. The van der Waals surface area contributed by atoms with Crippen LogP contribution in [0.4, 0.5) is 13.2 Å². The molecule has 1 atom stereocenters. The molecule has 0 aliphatic heterocycles. The lowest BCUT2D eigenvalue weighted by Crippen LogP contribution is -2.33. The number of unbranched alkanes of at least 4 members (excludes halogenated alkanes) is 2. The van der Waals surface area contributed by atoms with Crippen LogP contribution in [0, 0.1) is 17.5 Å². The van der Waals surface area contributed by atoms with Gasteiger partial charge < -0.3 is 5.32 Å². The van der Waals surface area contributed by atoms with Crippen molar-refractivity contribution in [3.05, 3.63) is 35.1 Å². The highest BCUT2D eigenvalue weighted by Crippen LogP contribution is 2.15. The molecule has 0 aliphatic rings. The number of hydrogen-bond donors (Lipinski definition) is 1. The number of nitrogens with one attached hydrogen (secondary N) is 1. The predicted molar refractivity (Wildman–Crippen MR) is 67.4 cm³/mol. The molecule has 5 heteroatoms. The van der Waals surface area contributed by atoms with Crippen molar-refractivity contribution < 1.29 is 18.0 Å². The van der Waals surface area contributed by atoms with E-state index >= 15 is 0 Å². The summed E-state index contributed by atoms with van der Waals surface area (Å²) in [4.78, 5) is 11.7. The van der Waals surface area contributed by atoms with Gasteiger partial charge in [-0.3, -0.25) is 4.79 Å². The predicted octanol–water partition coefficient (Wildman–Crippen LogP) is 3.80. The minimum atomic E-state index is -1.62. The van der Waals surface area contributed by atoms with E-state index in [1.165, 1.54) is 0 Å². The van der Waals surface area contributed by atoms with Gasteiger partial charge in [-0.1, -0.05) is 26.2 Å². The van der Waals surface area contributed by atoms with Gasteiger partial charge >= 0.3 is 0 Å². The Morgan fingerprint density at radius 3 is 2.53 bits per heavy atom. The van der Waals surface area contributed by atoms with Crippen molar-refractivity contribution in [2.75, 3.05) is 0 Å². The van der Waals surface area contributed by atoms with Gasteiger partial charge in [0.1, 0.15) is 0 Å². The second-order valence-electron chi connectivity index (χ2n) is 4.59. The Balaban J connectivity index is 2.66. The van der Waals surface area contributed by atoms with Crippen molar-refractivity contribution >= 4 is 5.91 Å². The summed E-state index contributed by atoms with van der Waals surface area (Å²) >= 11 is 0. The number of hydrogen-bond acceptors (Lipinski definition) is 1. The molecule has 0 aromatic heterocycles. The third-order valence-corrected chi connectivity index (χ3v) is 2.90. The van der Waals surface area contributed by atoms with Crippen LogP contribution in [0.2, 0.25) is 0 Å². The molecule has 0 saturated heterocycles. The first-order valence-electron chi connectivity index (χ1n) is 6.41. The molecule has 1 unspecified atom stereocenters. The van der Waals surface area contributed by atoms with E-state index in [1.54, 1.807) is 6.92 Å². The minimum Gasteiger partial charge on any atom is -0.349 e. The van der Waals surface area contributed by atoms with Crippen LogP contribution in [0.15, 0.2) is 12.1 Å². The van der Waals surface area contributed by atoms with Crippen molar-refractivity contribution in [1.82, 2.24) is 5.32 Å². The molecule has 1 N–H and O–H groups in total. The maximum Gasteiger partial charge on any atom is 0.254 e. The van der Waals surface area contributed by atoms with Crippen molar-refractivity contribution in [2.24, 2.45) is 0 Å². The highest BCUT2D eigenvalue weighted by Gasteiger charge is 2.19. The van der Waals surface area contributed by atoms with Gasteiger partial charge in [-0.2, -0.15) is 0 Å². The zero-order valence-electron chi connectivity index (χ0n) is 11.1. The van der Waals surface area contributed by atoms with E-state index in [9.17, 15) is 18.0 Å². The lowest BCUT2D eigenvalue weighted by Gasteiger charge is -2.14. The van der Waals surface area contributed by atoms with Gasteiger partial charge in [-0.05, 0) is 25.5 Å². The topological polar surface area (TPSA) is 29.1 Å². The monoisotopic (exact) mass is 273 g/mol. The van der Waals surface area contributed by atoms with Crippen LogP contribution in [0.25, 0.3) is 0 Å². The van der Waals surface area contributed by atoms with Crippen LogP contribution in [-0.2, 0) is 0 Å². The van der Waals surface area contributed by atoms with E-state index in [0.717, 1.165) is 37.8 Å². The Morgan fingerprint density at radius 1 is 1.21 bits per heavy atom. The summed E-state index contributed by atoms with van der Waals surface area (Å²) in [6, 6.07) is 1.56. The SMILES string of the molecule is CCCCCC(C)NC(=O)c1ccc(F)c(F)c1F. The second kappa shape index (κ2) is 7.16. The maximum atomic E-state index is 13.4. The molecule has 0 heterocycles. The van der Waals surface area contributed by atoms with E-state index < -0.39 is 28.9 Å². The van der Waals surface area contributed by atoms with Gasteiger partial charge in [-0.25, -0.2) is 13.2 Å². The van der Waals surface area contributed by atoms with Gasteiger partial charge in [0.05, 0.1) is 5.56 Å². The summed E-state index contributed by atoms with van der Waals surface area (Å²) in [6.45, 7) is 3.87. The smallest absolute Gasteiger partial charge is 0.254 e. The van der Waals surface area contributed by atoms with Crippen LogP contribution in [0.1, 0.15) is 49.9 Å². The highest BCUT2D eigenvalue weighted by atomic mass is 19.2. The van der Waals surface area contributed by atoms with Gasteiger partial charge in [0.25, 0.3) is 5.91 Å². The largest absolute Gasteiger partial charge is 0.349 e. The molecule has 1 rings (SSSR count). The molecular formula is C14H18F3NO. The lowest BCUT2D eigenvalue weighted by atomic mass is 10.1. The summed E-state index contributed by atoms with van der Waals surface area (Å²) < 4.78 is 39.1. The number of amides is 1. The molecule has 1 amide bonds. The zero-order chi connectivity index (χ0) is 14.4. The summed E-state index contributed by atoms with van der Waals surface area (Å²) in [6.07, 6.45) is 3.85. The summed E-state index contributed by atoms with van der Waals surface area (Å²) in [5.41, 5.74) is -0.471. The number of rotatable bonds is 6. The summed E-state index contributed by atoms with van der Waals surface area (Å²) in [7, 11) is 0. The average Bonchev–Trinajstić information content (AvgIpc) is 2.36. The fraction of sp³-hybridized carbons (Fsp3) is 0.500. The molecule has 0 spiro atoms. The zero-order valence-corrected chi connectivity index (χ0v) is 11.1. The van der Waals surface area contributed by atoms with Crippen LogP contribution in [-0.4, -0.2) is 11.9 Å². The van der Waals surface area contributed by atoms with Crippen molar-refractivity contribution in [3.8, 4) is 0 Å². The summed E-state index contributed by atoms with van der Waals surface area (Å²) in [5.74, 6) is -5.09. The fourth-order valence-electron chi connectivity index (χ4n) is 1.78. The minimum absolute atomic E-state index is 0.133. The normalized spacial score (nSPS) is 12.3. The van der Waals surface area contributed by atoms with Crippen molar-refractivity contribution in [3.63, 3.8) is 0 Å².